The van der Waals surface area contributed by atoms with E-state index in [-0.39, 0.29) is 0 Å². The predicted molar refractivity (Wildman–Crippen MR) is 77.0 cm³/mol. The average molecular weight is 268 g/mol. The van der Waals surface area contributed by atoms with Crippen molar-refractivity contribution in [3.8, 4) is 16.4 Å². The number of aryl methyl sites for hydroxylation is 1. The summed E-state index contributed by atoms with van der Waals surface area (Å²) in [5, 5.41) is 2.83. The van der Waals surface area contributed by atoms with Crippen LogP contribution in [0.4, 0.5) is 0 Å². The molecule has 0 radical (unpaired) electrons. The van der Waals surface area contributed by atoms with Crippen molar-refractivity contribution >= 4 is 17.6 Å². The Labute approximate surface area is 115 Å². The molecule has 19 heavy (non-hydrogen) atoms. The molecular formula is C15H12N2OS. The van der Waals surface area contributed by atoms with Gasteiger partial charge in [0.1, 0.15) is 0 Å². The molecule has 3 nitrogen and oxygen atoms in total. The van der Waals surface area contributed by atoms with Crippen LogP contribution in [0.3, 0.4) is 0 Å². The molecule has 3 rings (SSSR count). The van der Waals surface area contributed by atoms with Gasteiger partial charge in [-0.1, -0.05) is 24.3 Å². The number of thiazole rings is 1. The lowest BCUT2D eigenvalue weighted by atomic mass is 10.1. The molecule has 0 bridgehead atoms. The third kappa shape index (κ3) is 2.11. The Morgan fingerprint density at radius 1 is 1.21 bits per heavy atom. The SMILES string of the molecule is Cc1ccccc1-c1csc(-n2cccc2C=O)n1. The van der Waals surface area contributed by atoms with Crippen LogP contribution in [0.1, 0.15) is 16.1 Å². The highest BCUT2D eigenvalue weighted by atomic mass is 32.1. The molecule has 4 heteroatoms. The van der Waals surface area contributed by atoms with Crippen molar-refractivity contribution in [2.75, 3.05) is 0 Å². The van der Waals surface area contributed by atoms with E-state index in [4.69, 9.17) is 0 Å². The van der Waals surface area contributed by atoms with E-state index in [0.717, 1.165) is 22.7 Å². The van der Waals surface area contributed by atoms with Gasteiger partial charge in [0.15, 0.2) is 11.4 Å². The highest BCUT2D eigenvalue weighted by Gasteiger charge is 2.09. The number of aromatic nitrogens is 2. The second kappa shape index (κ2) is 4.82. The molecule has 2 heterocycles. The van der Waals surface area contributed by atoms with Crippen LogP contribution < -0.4 is 0 Å². The molecule has 0 aliphatic carbocycles. The minimum Gasteiger partial charge on any atom is -0.296 e. The van der Waals surface area contributed by atoms with Gasteiger partial charge >= 0.3 is 0 Å². The Morgan fingerprint density at radius 2 is 2.05 bits per heavy atom. The normalized spacial score (nSPS) is 10.6. The molecule has 94 valence electrons. The third-order valence-corrected chi connectivity index (χ3v) is 3.86. The number of carbonyl (C=O) groups excluding carboxylic acids is 1. The molecule has 3 aromatic rings. The van der Waals surface area contributed by atoms with Gasteiger partial charge in [-0.3, -0.25) is 9.36 Å². The van der Waals surface area contributed by atoms with E-state index in [0.29, 0.717) is 5.69 Å². The molecule has 0 saturated carbocycles. The lowest BCUT2D eigenvalue weighted by Gasteiger charge is -2.01. The van der Waals surface area contributed by atoms with E-state index in [2.05, 4.69) is 24.0 Å². The largest absolute Gasteiger partial charge is 0.296 e. The molecule has 0 saturated heterocycles. The molecule has 0 aliphatic rings. The number of rotatable bonds is 3. The first-order chi connectivity index (χ1) is 9.29. The van der Waals surface area contributed by atoms with Crippen molar-refractivity contribution in [3.63, 3.8) is 0 Å². The van der Waals surface area contributed by atoms with E-state index in [1.165, 1.54) is 16.9 Å². The Balaban J connectivity index is 2.05. The molecular weight excluding hydrogens is 256 g/mol. The first-order valence-corrected chi connectivity index (χ1v) is 6.82. The van der Waals surface area contributed by atoms with Gasteiger partial charge in [0, 0.05) is 17.1 Å². The topological polar surface area (TPSA) is 34.9 Å². The Morgan fingerprint density at radius 3 is 2.84 bits per heavy atom. The van der Waals surface area contributed by atoms with E-state index in [9.17, 15) is 4.79 Å². The molecule has 0 spiro atoms. The maximum absolute atomic E-state index is 10.9. The molecule has 0 atom stereocenters. The maximum Gasteiger partial charge on any atom is 0.194 e. The molecule has 0 fully saturated rings. The first-order valence-electron chi connectivity index (χ1n) is 5.94. The fraction of sp³-hybridized carbons (Fsp3) is 0.0667. The summed E-state index contributed by atoms with van der Waals surface area (Å²) in [6.45, 7) is 2.07. The molecule has 0 N–H and O–H groups in total. The van der Waals surface area contributed by atoms with Crippen LogP contribution in [0.15, 0.2) is 48.0 Å². The van der Waals surface area contributed by atoms with Gasteiger partial charge in [-0.2, -0.15) is 0 Å². The van der Waals surface area contributed by atoms with Gasteiger partial charge < -0.3 is 0 Å². The minimum atomic E-state index is 0.616. The van der Waals surface area contributed by atoms with Crippen LogP contribution in [-0.4, -0.2) is 15.8 Å². The number of hydrogen-bond donors (Lipinski definition) is 0. The van der Waals surface area contributed by atoms with Crippen LogP contribution in [-0.2, 0) is 0 Å². The fourth-order valence-corrected chi connectivity index (χ4v) is 2.85. The van der Waals surface area contributed by atoms with Crippen molar-refractivity contribution in [1.82, 2.24) is 9.55 Å². The van der Waals surface area contributed by atoms with Gasteiger partial charge in [0.2, 0.25) is 0 Å². The summed E-state index contributed by atoms with van der Waals surface area (Å²) in [5.74, 6) is 0. The summed E-state index contributed by atoms with van der Waals surface area (Å²) in [5.41, 5.74) is 3.89. The number of aldehydes is 1. The van der Waals surface area contributed by atoms with Crippen LogP contribution >= 0.6 is 11.3 Å². The second-order valence-electron chi connectivity index (χ2n) is 4.25. The van der Waals surface area contributed by atoms with Crippen LogP contribution in [0.25, 0.3) is 16.4 Å². The van der Waals surface area contributed by atoms with Crippen molar-refractivity contribution in [2.45, 2.75) is 6.92 Å². The summed E-state index contributed by atoms with van der Waals surface area (Å²) in [7, 11) is 0. The minimum absolute atomic E-state index is 0.616. The zero-order chi connectivity index (χ0) is 13.2. The van der Waals surface area contributed by atoms with E-state index in [1.807, 2.05) is 29.8 Å². The molecule has 2 aromatic heterocycles. The van der Waals surface area contributed by atoms with Crippen LogP contribution in [0.2, 0.25) is 0 Å². The van der Waals surface area contributed by atoms with Crippen molar-refractivity contribution in [2.24, 2.45) is 0 Å². The Bertz CT molecular complexity index is 727. The monoisotopic (exact) mass is 268 g/mol. The molecule has 1 aromatic carbocycles. The van der Waals surface area contributed by atoms with Gasteiger partial charge in [-0.15, -0.1) is 11.3 Å². The number of carbonyl (C=O) groups is 1. The highest BCUT2D eigenvalue weighted by Crippen LogP contribution is 2.27. The number of hydrogen-bond acceptors (Lipinski definition) is 3. The van der Waals surface area contributed by atoms with Gasteiger partial charge in [0.25, 0.3) is 0 Å². The third-order valence-electron chi connectivity index (χ3n) is 3.02. The summed E-state index contributed by atoms with van der Waals surface area (Å²) in [6.07, 6.45) is 2.69. The first kappa shape index (κ1) is 11.9. The van der Waals surface area contributed by atoms with Crippen molar-refractivity contribution in [1.29, 1.82) is 0 Å². The standard InChI is InChI=1S/C15H12N2OS/c1-11-5-2-3-7-13(11)14-10-19-15(16-14)17-8-4-6-12(17)9-18/h2-10H,1H3. The van der Waals surface area contributed by atoms with E-state index in [1.54, 1.807) is 10.6 Å². The van der Waals surface area contributed by atoms with E-state index < -0.39 is 0 Å². The summed E-state index contributed by atoms with van der Waals surface area (Å²) in [6, 6.07) is 11.8. The van der Waals surface area contributed by atoms with Crippen molar-refractivity contribution < 1.29 is 4.79 Å². The molecule has 0 aliphatic heterocycles. The van der Waals surface area contributed by atoms with Crippen molar-refractivity contribution in [3.05, 3.63) is 59.2 Å². The number of nitrogens with zero attached hydrogens (tertiary/aromatic N) is 2. The smallest absolute Gasteiger partial charge is 0.194 e. The maximum atomic E-state index is 10.9. The zero-order valence-electron chi connectivity index (χ0n) is 10.4. The van der Waals surface area contributed by atoms with Crippen LogP contribution in [0, 0.1) is 6.92 Å². The zero-order valence-corrected chi connectivity index (χ0v) is 11.2. The fourth-order valence-electron chi connectivity index (χ4n) is 2.02. The second-order valence-corrected chi connectivity index (χ2v) is 5.09. The quantitative estimate of drug-likeness (QED) is 0.678. The average Bonchev–Trinajstić information content (AvgIpc) is 3.07. The van der Waals surface area contributed by atoms with Gasteiger partial charge in [0.05, 0.1) is 11.4 Å². The van der Waals surface area contributed by atoms with Gasteiger partial charge in [-0.05, 0) is 24.6 Å². The highest BCUT2D eigenvalue weighted by molar-refractivity contribution is 7.12. The molecule has 0 amide bonds. The molecule has 0 unspecified atom stereocenters. The van der Waals surface area contributed by atoms with Gasteiger partial charge in [-0.25, -0.2) is 4.98 Å². The Kier molecular flexibility index (Phi) is 3.01. The predicted octanol–water partition coefficient (Wildman–Crippen LogP) is 3.72. The lowest BCUT2D eigenvalue weighted by Crippen LogP contribution is -1.96. The Hall–Kier alpha value is -2.20. The summed E-state index contributed by atoms with van der Waals surface area (Å²) >= 11 is 1.53. The summed E-state index contributed by atoms with van der Waals surface area (Å²) in [4.78, 5) is 15.6. The van der Waals surface area contributed by atoms with E-state index >= 15 is 0 Å². The lowest BCUT2D eigenvalue weighted by molar-refractivity contribution is 0.111. The summed E-state index contributed by atoms with van der Waals surface area (Å²) < 4.78 is 1.80. The van der Waals surface area contributed by atoms with Crippen LogP contribution in [0.5, 0.6) is 0 Å². The number of benzene rings is 1.